The summed E-state index contributed by atoms with van der Waals surface area (Å²) in [7, 11) is 0. The van der Waals surface area contributed by atoms with E-state index in [0.29, 0.717) is 24.5 Å². The van der Waals surface area contributed by atoms with Crippen molar-refractivity contribution in [2.24, 2.45) is 0 Å². The Labute approximate surface area is 97.8 Å². The summed E-state index contributed by atoms with van der Waals surface area (Å²) in [4.78, 5) is 2.98. The maximum atomic E-state index is 13.0. The standard InChI is InChI=1S/C11H13FN2OS/c1-2-15-6-5-14-10-4-3-8(12)7-9(10)13-11(14)16/h3-4,7H,2,5-6H2,1H3,(H,13,16). The van der Waals surface area contributed by atoms with Crippen molar-refractivity contribution in [3.05, 3.63) is 28.8 Å². The van der Waals surface area contributed by atoms with Crippen LogP contribution in [0.3, 0.4) is 0 Å². The SMILES string of the molecule is CCOCCn1c(=S)[nH]c2cc(F)ccc21. The lowest BCUT2D eigenvalue weighted by Gasteiger charge is -2.04. The van der Waals surface area contributed by atoms with Crippen LogP contribution in [0, 0.1) is 10.6 Å². The minimum absolute atomic E-state index is 0.263. The summed E-state index contributed by atoms with van der Waals surface area (Å²) in [6.45, 7) is 3.92. The van der Waals surface area contributed by atoms with Crippen molar-refractivity contribution in [1.29, 1.82) is 0 Å². The third kappa shape index (κ3) is 2.15. The Morgan fingerprint density at radius 1 is 1.50 bits per heavy atom. The van der Waals surface area contributed by atoms with Gasteiger partial charge in [0.25, 0.3) is 0 Å². The Hall–Kier alpha value is -1.20. The summed E-state index contributed by atoms with van der Waals surface area (Å²) < 4.78 is 20.8. The second-order valence-electron chi connectivity index (χ2n) is 3.44. The number of hydrogen-bond acceptors (Lipinski definition) is 2. The van der Waals surface area contributed by atoms with Gasteiger partial charge in [0.05, 0.1) is 17.6 Å². The van der Waals surface area contributed by atoms with Crippen LogP contribution in [0.25, 0.3) is 11.0 Å². The van der Waals surface area contributed by atoms with Gasteiger partial charge in [-0.25, -0.2) is 4.39 Å². The molecule has 0 fully saturated rings. The van der Waals surface area contributed by atoms with Gasteiger partial charge in [-0.1, -0.05) is 0 Å². The molecule has 5 heteroatoms. The van der Waals surface area contributed by atoms with E-state index in [1.807, 2.05) is 11.5 Å². The second-order valence-corrected chi connectivity index (χ2v) is 3.83. The van der Waals surface area contributed by atoms with Gasteiger partial charge in [0.2, 0.25) is 0 Å². The monoisotopic (exact) mass is 240 g/mol. The quantitative estimate of drug-likeness (QED) is 0.658. The first-order valence-electron chi connectivity index (χ1n) is 5.18. The summed E-state index contributed by atoms with van der Waals surface area (Å²) in [5.41, 5.74) is 1.63. The van der Waals surface area contributed by atoms with Crippen LogP contribution in [-0.2, 0) is 11.3 Å². The summed E-state index contributed by atoms with van der Waals surface area (Å²) in [6.07, 6.45) is 0. The molecule has 0 aliphatic heterocycles. The fraction of sp³-hybridized carbons (Fsp3) is 0.364. The Kier molecular flexibility index (Phi) is 3.36. The lowest BCUT2D eigenvalue weighted by Crippen LogP contribution is -2.05. The smallest absolute Gasteiger partial charge is 0.178 e. The molecule has 0 saturated carbocycles. The van der Waals surface area contributed by atoms with Crippen LogP contribution in [0.2, 0.25) is 0 Å². The van der Waals surface area contributed by atoms with Gasteiger partial charge < -0.3 is 14.3 Å². The van der Waals surface area contributed by atoms with Crippen LogP contribution in [-0.4, -0.2) is 22.8 Å². The number of imidazole rings is 1. The fourth-order valence-corrected chi connectivity index (χ4v) is 1.96. The third-order valence-electron chi connectivity index (χ3n) is 2.40. The van der Waals surface area contributed by atoms with Crippen molar-refractivity contribution in [2.75, 3.05) is 13.2 Å². The highest BCUT2D eigenvalue weighted by Gasteiger charge is 2.04. The number of aromatic amines is 1. The van der Waals surface area contributed by atoms with Crippen molar-refractivity contribution in [3.63, 3.8) is 0 Å². The van der Waals surface area contributed by atoms with Crippen molar-refractivity contribution in [1.82, 2.24) is 9.55 Å². The first-order chi connectivity index (χ1) is 7.72. The molecule has 0 aliphatic carbocycles. The molecule has 1 N–H and O–H groups in total. The van der Waals surface area contributed by atoms with Gasteiger partial charge in [-0.05, 0) is 37.3 Å². The lowest BCUT2D eigenvalue weighted by molar-refractivity contribution is 0.139. The summed E-state index contributed by atoms with van der Waals surface area (Å²) in [6, 6.07) is 4.60. The van der Waals surface area contributed by atoms with E-state index in [9.17, 15) is 4.39 Å². The average molecular weight is 240 g/mol. The number of benzene rings is 1. The van der Waals surface area contributed by atoms with Crippen LogP contribution in [0.1, 0.15) is 6.92 Å². The van der Waals surface area contributed by atoms with Gasteiger partial charge >= 0.3 is 0 Å². The van der Waals surface area contributed by atoms with E-state index in [1.165, 1.54) is 12.1 Å². The Bertz CT molecular complexity index is 546. The van der Waals surface area contributed by atoms with Crippen LogP contribution < -0.4 is 0 Å². The fourth-order valence-electron chi connectivity index (χ4n) is 1.66. The molecule has 0 aliphatic rings. The van der Waals surface area contributed by atoms with E-state index >= 15 is 0 Å². The minimum atomic E-state index is -0.263. The zero-order valence-corrected chi connectivity index (χ0v) is 9.81. The molecule has 1 aromatic heterocycles. The first kappa shape index (κ1) is 11.3. The number of halogens is 1. The van der Waals surface area contributed by atoms with E-state index < -0.39 is 0 Å². The van der Waals surface area contributed by atoms with Crippen molar-refractivity contribution >= 4 is 23.3 Å². The normalized spacial score (nSPS) is 11.1. The molecule has 0 radical (unpaired) electrons. The van der Waals surface area contributed by atoms with Crippen LogP contribution in [0.5, 0.6) is 0 Å². The average Bonchev–Trinajstić information content (AvgIpc) is 2.55. The lowest BCUT2D eigenvalue weighted by atomic mass is 10.3. The molecule has 0 unspecified atom stereocenters. The maximum absolute atomic E-state index is 13.0. The molecule has 2 aromatic rings. The van der Waals surface area contributed by atoms with Crippen molar-refractivity contribution in [2.45, 2.75) is 13.5 Å². The van der Waals surface area contributed by atoms with Gasteiger partial charge in [-0.3, -0.25) is 0 Å². The summed E-state index contributed by atoms with van der Waals surface area (Å²) >= 11 is 5.18. The number of hydrogen-bond donors (Lipinski definition) is 1. The Morgan fingerprint density at radius 3 is 3.06 bits per heavy atom. The maximum Gasteiger partial charge on any atom is 0.178 e. The Morgan fingerprint density at radius 2 is 2.31 bits per heavy atom. The molecule has 1 heterocycles. The highest BCUT2D eigenvalue weighted by molar-refractivity contribution is 7.71. The second kappa shape index (κ2) is 4.76. The van der Waals surface area contributed by atoms with E-state index in [-0.39, 0.29) is 5.82 Å². The van der Waals surface area contributed by atoms with Crippen molar-refractivity contribution in [3.8, 4) is 0 Å². The Balaban J connectivity index is 2.36. The van der Waals surface area contributed by atoms with Crippen LogP contribution in [0.4, 0.5) is 4.39 Å². The molecular formula is C11H13FN2OS. The van der Waals surface area contributed by atoms with E-state index in [0.717, 1.165) is 11.0 Å². The van der Waals surface area contributed by atoms with Crippen LogP contribution >= 0.6 is 12.2 Å². The number of fused-ring (bicyclic) bond motifs is 1. The number of rotatable bonds is 4. The summed E-state index contributed by atoms with van der Waals surface area (Å²) in [5.74, 6) is -0.263. The zero-order valence-electron chi connectivity index (χ0n) is 9.00. The van der Waals surface area contributed by atoms with Crippen LogP contribution in [0.15, 0.2) is 18.2 Å². The molecule has 0 amide bonds. The number of aromatic nitrogens is 2. The molecule has 0 atom stereocenters. The minimum Gasteiger partial charge on any atom is -0.380 e. The number of nitrogens with one attached hydrogen (secondary N) is 1. The third-order valence-corrected chi connectivity index (χ3v) is 2.72. The molecule has 0 spiro atoms. The molecular weight excluding hydrogens is 227 g/mol. The predicted octanol–water partition coefficient (Wildman–Crippen LogP) is 2.87. The number of H-pyrrole nitrogens is 1. The highest BCUT2D eigenvalue weighted by Crippen LogP contribution is 2.15. The molecule has 2 rings (SSSR count). The van der Waals surface area contributed by atoms with Gasteiger partial charge in [0, 0.05) is 13.2 Å². The predicted molar refractivity (Wildman–Crippen MR) is 63.6 cm³/mol. The number of ether oxygens (including phenoxy) is 1. The molecule has 16 heavy (non-hydrogen) atoms. The number of nitrogens with zero attached hydrogens (tertiary/aromatic N) is 1. The molecule has 0 bridgehead atoms. The summed E-state index contributed by atoms with van der Waals surface area (Å²) in [5, 5.41) is 0. The highest BCUT2D eigenvalue weighted by atomic mass is 32.1. The molecule has 86 valence electrons. The van der Waals surface area contributed by atoms with E-state index in [1.54, 1.807) is 6.07 Å². The largest absolute Gasteiger partial charge is 0.380 e. The zero-order chi connectivity index (χ0) is 11.5. The molecule has 1 aromatic carbocycles. The van der Waals surface area contributed by atoms with Gasteiger partial charge in [-0.2, -0.15) is 0 Å². The van der Waals surface area contributed by atoms with Crippen molar-refractivity contribution < 1.29 is 9.13 Å². The van der Waals surface area contributed by atoms with Gasteiger partial charge in [0.15, 0.2) is 4.77 Å². The van der Waals surface area contributed by atoms with Gasteiger partial charge in [0.1, 0.15) is 5.82 Å². The topological polar surface area (TPSA) is 29.9 Å². The molecule has 0 saturated heterocycles. The molecule has 3 nitrogen and oxygen atoms in total. The van der Waals surface area contributed by atoms with E-state index in [2.05, 4.69) is 4.98 Å². The van der Waals surface area contributed by atoms with E-state index in [4.69, 9.17) is 17.0 Å². The first-order valence-corrected chi connectivity index (χ1v) is 5.59. The van der Waals surface area contributed by atoms with Gasteiger partial charge in [-0.15, -0.1) is 0 Å².